The summed E-state index contributed by atoms with van der Waals surface area (Å²) >= 11 is 0. The summed E-state index contributed by atoms with van der Waals surface area (Å²) in [4.78, 5) is 27.8. The van der Waals surface area contributed by atoms with Crippen molar-refractivity contribution in [1.29, 1.82) is 0 Å². The molecule has 124 valence electrons. The number of cyclic esters (lactones) is 1. The Morgan fingerprint density at radius 2 is 2.22 bits per heavy atom. The lowest BCUT2D eigenvalue weighted by Crippen LogP contribution is -2.42. The lowest BCUT2D eigenvalue weighted by atomic mass is 10.0. The van der Waals surface area contributed by atoms with Crippen molar-refractivity contribution in [2.24, 2.45) is 0 Å². The molecule has 7 nitrogen and oxygen atoms in total. The first-order valence-corrected chi connectivity index (χ1v) is 7.53. The molecule has 1 aromatic carbocycles. The number of amides is 2. The molecule has 0 N–H and O–H groups in total. The summed E-state index contributed by atoms with van der Waals surface area (Å²) in [6.07, 6.45) is 0.338. The molecule has 1 atom stereocenters. The fraction of sp³-hybridized carbons (Fsp3) is 0.500. The van der Waals surface area contributed by atoms with Crippen LogP contribution in [0.25, 0.3) is 0 Å². The number of carbonyl (C=O) groups excluding carboxylic acids is 2. The van der Waals surface area contributed by atoms with Crippen LogP contribution in [0.2, 0.25) is 0 Å². The van der Waals surface area contributed by atoms with Crippen molar-refractivity contribution in [3.63, 3.8) is 0 Å². The van der Waals surface area contributed by atoms with Gasteiger partial charge in [0.1, 0.15) is 19.0 Å². The van der Waals surface area contributed by atoms with Gasteiger partial charge in [0.25, 0.3) is 0 Å². The second kappa shape index (κ2) is 6.45. The zero-order valence-electron chi connectivity index (χ0n) is 13.3. The summed E-state index contributed by atoms with van der Waals surface area (Å²) in [7, 11) is 3.09. The molecule has 23 heavy (non-hydrogen) atoms. The van der Waals surface area contributed by atoms with Crippen LogP contribution in [-0.2, 0) is 20.8 Å². The van der Waals surface area contributed by atoms with Crippen molar-refractivity contribution in [3.8, 4) is 5.75 Å². The van der Waals surface area contributed by atoms with E-state index in [0.29, 0.717) is 31.9 Å². The molecule has 0 spiro atoms. The smallest absolute Gasteiger partial charge is 0.414 e. The van der Waals surface area contributed by atoms with Gasteiger partial charge in [-0.25, -0.2) is 4.79 Å². The highest BCUT2D eigenvalue weighted by molar-refractivity contribution is 5.91. The van der Waals surface area contributed by atoms with Crippen LogP contribution in [-0.4, -0.2) is 56.9 Å². The van der Waals surface area contributed by atoms with E-state index in [0.717, 1.165) is 11.3 Å². The van der Waals surface area contributed by atoms with Gasteiger partial charge in [0.05, 0.1) is 18.8 Å². The van der Waals surface area contributed by atoms with Gasteiger partial charge in [0.2, 0.25) is 5.91 Å². The lowest BCUT2D eigenvalue weighted by Gasteiger charge is -2.32. The molecule has 2 aliphatic rings. The Balaban J connectivity index is 1.99. The van der Waals surface area contributed by atoms with E-state index in [1.807, 2.05) is 18.2 Å². The molecular weight excluding hydrogens is 300 g/mol. The SMILES string of the molecule is COCC(=O)N1CC[C@H]2COC(=O)N2c2ccc(OC)cc2C1. The normalized spacial score (nSPS) is 20.3. The van der Waals surface area contributed by atoms with E-state index in [-0.39, 0.29) is 24.6 Å². The summed E-state index contributed by atoms with van der Waals surface area (Å²) in [6, 6.07) is 5.45. The van der Waals surface area contributed by atoms with Gasteiger partial charge in [-0.3, -0.25) is 9.69 Å². The molecule has 0 bridgehead atoms. The largest absolute Gasteiger partial charge is 0.497 e. The van der Waals surface area contributed by atoms with Crippen LogP contribution in [0, 0.1) is 0 Å². The minimum atomic E-state index is -0.335. The Morgan fingerprint density at radius 3 is 2.96 bits per heavy atom. The standard InChI is InChI=1S/C16H20N2O5/c1-21-10-15(19)17-6-5-12-9-23-16(20)18(12)14-4-3-13(22-2)7-11(14)8-17/h3-4,7,12H,5-6,8-10H2,1-2H3/t12-/m0/s1. The molecule has 2 heterocycles. The molecular formula is C16H20N2O5. The van der Waals surface area contributed by atoms with Gasteiger partial charge in [-0.05, 0) is 30.2 Å². The molecule has 0 aliphatic carbocycles. The van der Waals surface area contributed by atoms with E-state index >= 15 is 0 Å². The second-order valence-corrected chi connectivity index (χ2v) is 5.63. The molecule has 0 aromatic heterocycles. The van der Waals surface area contributed by atoms with Crippen LogP contribution < -0.4 is 9.64 Å². The number of methoxy groups -OCH3 is 2. The van der Waals surface area contributed by atoms with Gasteiger partial charge >= 0.3 is 6.09 Å². The summed E-state index contributed by atoms with van der Waals surface area (Å²) in [6.45, 7) is 1.35. The highest BCUT2D eigenvalue weighted by atomic mass is 16.6. The van der Waals surface area contributed by atoms with Crippen molar-refractivity contribution in [1.82, 2.24) is 4.90 Å². The van der Waals surface area contributed by atoms with E-state index in [4.69, 9.17) is 14.2 Å². The first-order valence-electron chi connectivity index (χ1n) is 7.53. The highest BCUT2D eigenvalue weighted by Gasteiger charge is 2.37. The third-order valence-electron chi connectivity index (χ3n) is 4.22. The fourth-order valence-electron chi connectivity index (χ4n) is 3.04. The van der Waals surface area contributed by atoms with Crippen molar-refractivity contribution in [2.45, 2.75) is 19.0 Å². The number of hydrogen-bond donors (Lipinski definition) is 0. The van der Waals surface area contributed by atoms with Crippen LogP contribution in [0.1, 0.15) is 12.0 Å². The summed E-state index contributed by atoms with van der Waals surface area (Å²) in [5, 5.41) is 0. The average Bonchev–Trinajstić information content (AvgIpc) is 2.89. The number of carbonyl (C=O) groups is 2. The third kappa shape index (κ3) is 2.96. The number of fused-ring (bicyclic) bond motifs is 3. The zero-order chi connectivity index (χ0) is 16.4. The van der Waals surface area contributed by atoms with Crippen molar-refractivity contribution < 1.29 is 23.8 Å². The van der Waals surface area contributed by atoms with E-state index < -0.39 is 0 Å². The number of hydrogen-bond acceptors (Lipinski definition) is 5. The Kier molecular flexibility index (Phi) is 4.38. The van der Waals surface area contributed by atoms with E-state index in [1.54, 1.807) is 16.9 Å². The van der Waals surface area contributed by atoms with Crippen LogP contribution in [0.4, 0.5) is 10.5 Å². The number of ether oxygens (including phenoxy) is 3. The first kappa shape index (κ1) is 15.6. The molecule has 0 unspecified atom stereocenters. The number of nitrogens with zero attached hydrogens (tertiary/aromatic N) is 2. The molecule has 7 heteroatoms. The Labute approximate surface area is 134 Å². The summed E-state index contributed by atoms with van der Waals surface area (Å²) in [5.74, 6) is 0.618. The zero-order valence-corrected chi connectivity index (χ0v) is 13.3. The monoisotopic (exact) mass is 320 g/mol. The number of anilines is 1. The van der Waals surface area contributed by atoms with Gasteiger partial charge in [0, 0.05) is 20.2 Å². The molecule has 2 amide bonds. The average molecular weight is 320 g/mol. The summed E-state index contributed by atoms with van der Waals surface area (Å²) < 4.78 is 15.4. The van der Waals surface area contributed by atoms with Gasteiger partial charge in [-0.2, -0.15) is 0 Å². The van der Waals surface area contributed by atoms with E-state index in [2.05, 4.69) is 0 Å². The predicted octanol–water partition coefficient (Wildman–Crippen LogP) is 1.40. The maximum Gasteiger partial charge on any atom is 0.414 e. The maximum atomic E-state index is 12.2. The van der Waals surface area contributed by atoms with Crippen LogP contribution in [0.15, 0.2) is 18.2 Å². The Morgan fingerprint density at radius 1 is 1.39 bits per heavy atom. The topological polar surface area (TPSA) is 68.3 Å². The van der Waals surface area contributed by atoms with Crippen LogP contribution in [0.3, 0.4) is 0 Å². The number of rotatable bonds is 3. The third-order valence-corrected chi connectivity index (χ3v) is 4.22. The molecule has 0 radical (unpaired) electrons. The first-order chi connectivity index (χ1) is 11.1. The molecule has 1 fully saturated rings. The van der Waals surface area contributed by atoms with E-state index in [1.165, 1.54) is 7.11 Å². The Hall–Kier alpha value is -2.28. The van der Waals surface area contributed by atoms with Gasteiger partial charge < -0.3 is 19.1 Å². The van der Waals surface area contributed by atoms with Crippen molar-refractivity contribution in [2.75, 3.05) is 38.9 Å². The maximum absolute atomic E-state index is 12.2. The quantitative estimate of drug-likeness (QED) is 0.842. The van der Waals surface area contributed by atoms with Gasteiger partial charge in [0.15, 0.2) is 0 Å². The van der Waals surface area contributed by atoms with Crippen molar-refractivity contribution >= 4 is 17.7 Å². The molecule has 0 saturated carbocycles. The highest BCUT2D eigenvalue weighted by Crippen LogP contribution is 2.33. The minimum Gasteiger partial charge on any atom is -0.497 e. The lowest BCUT2D eigenvalue weighted by molar-refractivity contribution is -0.135. The Bertz CT molecular complexity index is 618. The molecule has 1 aromatic rings. The summed E-state index contributed by atoms with van der Waals surface area (Å²) in [5.41, 5.74) is 1.63. The second-order valence-electron chi connectivity index (χ2n) is 5.63. The van der Waals surface area contributed by atoms with Gasteiger partial charge in [-0.15, -0.1) is 0 Å². The van der Waals surface area contributed by atoms with E-state index in [9.17, 15) is 9.59 Å². The van der Waals surface area contributed by atoms with Gasteiger partial charge in [-0.1, -0.05) is 0 Å². The number of benzene rings is 1. The minimum absolute atomic E-state index is 0.0448. The van der Waals surface area contributed by atoms with Crippen molar-refractivity contribution in [3.05, 3.63) is 23.8 Å². The molecule has 2 aliphatic heterocycles. The van der Waals surface area contributed by atoms with Crippen LogP contribution >= 0.6 is 0 Å². The predicted molar refractivity (Wildman–Crippen MR) is 82.5 cm³/mol. The molecule has 1 saturated heterocycles. The van der Waals surface area contributed by atoms with Crippen LogP contribution in [0.5, 0.6) is 5.75 Å². The molecule has 3 rings (SSSR count). The fourth-order valence-corrected chi connectivity index (χ4v) is 3.04.